The zero-order valence-corrected chi connectivity index (χ0v) is 29.5. The maximum absolute atomic E-state index is 12.4. The second kappa shape index (κ2) is 35.2. The quantitative estimate of drug-likeness (QED) is 0.0330. The molecule has 1 amide bonds. The van der Waals surface area contributed by atoms with E-state index in [1.54, 1.807) is 6.08 Å². The van der Waals surface area contributed by atoms with Crippen LogP contribution in [-0.2, 0) is 4.79 Å². The number of nitrogens with one attached hydrogen (secondary N) is 1. The predicted octanol–water partition coefficient (Wildman–Crippen LogP) is 10.2. The van der Waals surface area contributed by atoms with E-state index >= 15 is 0 Å². The molecule has 3 atom stereocenters. The smallest absolute Gasteiger partial charge is 0.249 e. The first-order valence-electron chi connectivity index (χ1n) is 19.0. The molecule has 262 valence electrons. The zero-order valence-electron chi connectivity index (χ0n) is 29.5. The average Bonchev–Trinajstić information content (AvgIpc) is 3.04. The van der Waals surface area contributed by atoms with E-state index in [2.05, 4.69) is 55.6 Å². The van der Waals surface area contributed by atoms with Crippen molar-refractivity contribution >= 4 is 5.91 Å². The molecule has 0 bridgehead atoms. The van der Waals surface area contributed by atoms with Crippen LogP contribution in [0.1, 0.15) is 174 Å². The van der Waals surface area contributed by atoms with Gasteiger partial charge in [0, 0.05) is 0 Å². The van der Waals surface area contributed by atoms with Crippen LogP contribution in [0.5, 0.6) is 0 Å². The molecule has 0 saturated heterocycles. The Morgan fingerprint density at radius 2 is 0.978 bits per heavy atom. The fourth-order valence-electron chi connectivity index (χ4n) is 5.37. The molecule has 45 heavy (non-hydrogen) atoms. The third-order valence-electron chi connectivity index (χ3n) is 8.42. The summed E-state index contributed by atoms with van der Waals surface area (Å²) in [5.74, 6) is -0.521. The maximum atomic E-state index is 12.4. The van der Waals surface area contributed by atoms with Gasteiger partial charge in [0.2, 0.25) is 5.91 Å². The number of unbranched alkanes of at least 4 members (excludes halogenated alkanes) is 20. The van der Waals surface area contributed by atoms with Crippen molar-refractivity contribution in [2.45, 2.75) is 193 Å². The Labute approximate surface area is 278 Å². The highest BCUT2D eigenvalue weighted by molar-refractivity contribution is 5.80. The molecule has 4 N–H and O–H groups in total. The van der Waals surface area contributed by atoms with Crippen molar-refractivity contribution in [3.8, 4) is 0 Å². The molecule has 0 radical (unpaired) electrons. The van der Waals surface area contributed by atoms with Crippen molar-refractivity contribution in [1.29, 1.82) is 0 Å². The zero-order chi connectivity index (χ0) is 33.1. The molecular formula is C40H73NO4. The van der Waals surface area contributed by atoms with Crippen LogP contribution in [0.25, 0.3) is 0 Å². The molecule has 0 aromatic carbocycles. The summed E-state index contributed by atoms with van der Waals surface area (Å²) in [6, 6.07) is -0.815. The van der Waals surface area contributed by atoms with Gasteiger partial charge in [-0.15, -0.1) is 0 Å². The highest BCUT2D eigenvalue weighted by atomic mass is 16.3. The Balaban J connectivity index is 3.79. The lowest BCUT2D eigenvalue weighted by molar-refractivity contribution is -0.131. The normalized spacial score (nSPS) is 14.3. The van der Waals surface area contributed by atoms with Crippen LogP contribution in [0.4, 0.5) is 0 Å². The SMILES string of the molecule is CCCCC/C=C\C=C/CCCCCCCCCCCC(O)C(=O)NC(CO)C(O)/C=C/CC/C=C/CCCCCCCCC. The fraction of sp³-hybridized carbons (Fsp3) is 0.775. The van der Waals surface area contributed by atoms with Crippen molar-refractivity contribution < 1.29 is 20.1 Å². The molecule has 0 spiro atoms. The van der Waals surface area contributed by atoms with E-state index in [-0.39, 0.29) is 6.61 Å². The van der Waals surface area contributed by atoms with Crippen LogP contribution >= 0.6 is 0 Å². The summed E-state index contributed by atoms with van der Waals surface area (Å²) in [5, 5.41) is 32.9. The first-order chi connectivity index (χ1) is 22.1. The molecule has 0 rings (SSSR count). The minimum Gasteiger partial charge on any atom is -0.394 e. The number of hydrogen-bond donors (Lipinski definition) is 4. The van der Waals surface area contributed by atoms with Gasteiger partial charge in [-0.05, 0) is 57.8 Å². The first-order valence-corrected chi connectivity index (χ1v) is 19.0. The van der Waals surface area contributed by atoms with Gasteiger partial charge in [0.25, 0.3) is 0 Å². The molecular weight excluding hydrogens is 558 g/mol. The van der Waals surface area contributed by atoms with Gasteiger partial charge in [0.1, 0.15) is 6.10 Å². The lowest BCUT2D eigenvalue weighted by atomic mass is 10.0. The molecule has 0 saturated carbocycles. The minimum atomic E-state index is -1.11. The first kappa shape index (κ1) is 43.3. The van der Waals surface area contributed by atoms with Crippen molar-refractivity contribution in [2.24, 2.45) is 0 Å². The number of aliphatic hydroxyl groups excluding tert-OH is 3. The Hall–Kier alpha value is -1.69. The highest BCUT2D eigenvalue weighted by Crippen LogP contribution is 2.13. The van der Waals surface area contributed by atoms with Gasteiger partial charge in [0.05, 0.1) is 18.8 Å². The summed E-state index contributed by atoms with van der Waals surface area (Å²) in [5.41, 5.74) is 0. The van der Waals surface area contributed by atoms with E-state index in [1.165, 1.54) is 116 Å². The number of hydrogen-bond acceptors (Lipinski definition) is 4. The summed E-state index contributed by atoms with van der Waals surface area (Å²) in [6.45, 7) is 4.11. The molecule has 0 fully saturated rings. The monoisotopic (exact) mass is 632 g/mol. The third kappa shape index (κ3) is 30.7. The summed E-state index contributed by atoms with van der Waals surface area (Å²) in [6.07, 6.45) is 44.1. The number of aliphatic hydroxyl groups is 3. The summed E-state index contributed by atoms with van der Waals surface area (Å²) >= 11 is 0. The Bertz CT molecular complexity index is 745. The number of carbonyl (C=O) groups is 1. The molecule has 5 nitrogen and oxygen atoms in total. The van der Waals surface area contributed by atoms with E-state index in [0.29, 0.717) is 6.42 Å². The van der Waals surface area contributed by atoms with Crippen molar-refractivity contribution in [2.75, 3.05) is 6.61 Å². The van der Waals surface area contributed by atoms with Gasteiger partial charge in [0.15, 0.2) is 0 Å². The average molecular weight is 632 g/mol. The molecule has 0 aromatic heterocycles. The summed E-state index contributed by atoms with van der Waals surface area (Å²) in [4.78, 5) is 12.4. The standard InChI is InChI=1S/C40H73NO4/c1-3-5-7-9-11-13-15-17-18-19-20-21-23-25-27-29-31-33-35-39(44)40(45)41-37(36-42)38(43)34-32-30-28-26-24-22-16-14-12-10-8-6-4-2/h11,13,15,17,24,26,32,34,37-39,42-44H,3-10,12,14,16,18-23,25,27-31,33,35-36H2,1-2H3,(H,41,45)/b13-11-,17-15-,26-24+,34-32+. The molecule has 0 aliphatic carbocycles. The summed E-state index contributed by atoms with van der Waals surface area (Å²) in [7, 11) is 0. The van der Waals surface area contributed by atoms with Crippen LogP contribution < -0.4 is 5.32 Å². The van der Waals surface area contributed by atoms with Crippen molar-refractivity contribution in [1.82, 2.24) is 5.32 Å². The van der Waals surface area contributed by atoms with Gasteiger partial charge in [-0.25, -0.2) is 0 Å². The van der Waals surface area contributed by atoms with Gasteiger partial charge < -0.3 is 20.6 Å². The molecule has 0 aromatic rings. The van der Waals surface area contributed by atoms with E-state index in [4.69, 9.17) is 0 Å². The van der Waals surface area contributed by atoms with Crippen LogP contribution in [0.15, 0.2) is 48.6 Å². The van der Waals surface area contributed by atoms with E-state index < -0.39 is 24.2 Å². The van der Waals surface area contributed by atoms with Crippen LogP contribution in [0.2, 0.25) is 0 Å². The molecule has 0 aliphatic heterocycles. The predicted molar refractivity (Wildman–Crippen MR) is 194 cm³/mol. The van der Waals surface area contributed by atoms with Gasteiger partial charge >= 0.3 is 0 Å². The van der Waals surface area contributed by atoms with Crippen LogP contribution in [-0.4, -0.2) is 46.1 Å². The van der Waals surface area contributed by atoms with Crippen molar-refractivity contribution in [3.63, 3.8) is 0 Å². The Morgan fingerprint density at radius 3 is 1.53 bits per heavy atom. The van der Waals surface area contributed by atoms with Gasteiger partial charge in [-0.2, -0.15) is 0 Å². The van der Waals surface area contributed by atoms with E-state index in [0.717, 1.165) is 38.5 Å². The maximum Gasteiger partial charge on any atom is 0.249 e. The topological polar surface area (TPSA) is 89.8 Å². The summed E-state index contributed by atoms with van der Waals surface area (Å²) < 4.78 is 0. The van der Waals surface area contributed by atoms with E-state index in [1.807, 2.05) is 6.08 Å². The number of amides is 1. The van der Waals surface area contributed by atoms with Crippen LogP contribution in [0.3, 0.4) is 0 Å². The molecule has 5 heteroatoms. The number of allylic oxidation sites excluding steroid dienone is 7. The third-order valence-corrected chi connectivity index (χ3v) is 8.42. The number of rotatable bonds is 33. The van der Waals surface area contributed by atoms with E-state index in [9.17, 15) is 20.1 Å². The highest BCUT2D eigenvalue weighted by Gasteiger charge is 2.22. The Morgan fingerprint density at radius 1 is 0.556 bits per heavy atom. The molecule has 0 heterocycles. The van der Waals surface area contributed by atoms with Gasteiger partial charge in [-0.1, -0.05) is 165 Å². The molecule has 0 aliphatic rings. The largest absolute Gasteiger partial charge is 0.394 e. The van der Waals surface area contributed by atoms with Gasteiger partial charge in [-0.3, -0.25) is 4.79 Å². The second-order valence-corrected chi connectivity index (χ2v) is 12.8. The lowest BCUT2D eigenvalue weighted by Gasteiger charge is -2.21. The minimum absolute atomic E-state index is 0.379. The molecule has 3 unspecified atom stereocenters. The van der Waals surface area contributed by atoms with Crippen molar-refractivity contribution in [3.05, 3.63) is 48.6 Å². The second-order valence-electron chi connectivity index (χ2n) is 12.8. The Kier molecular flexibility index (Phi) is 33.8. The van der Waals surface area contributed by atoms with Crippen LogP contribution in [0, 0.1) is 0 Å². The lowest BCUT2D eigenvalue weighted by Crippen LogP contribution is -2.48. The number of carbonyl (C=O) groups excluding carboxylic acids is 1. The fourth-order valence-corrected chi connectivity index (χ4v) is 5.37.